The number of carboxylic acids is 1. The third-order valence-electron chi connectivity index (χ3n) is 2.94. The first-order chi connectivity index (χ1) is 7.09. The SMILES string of the molecule is Cc1ccc(Br)cc1C(C(=O)O)C1CC1. The molecule has 0 spiro atoms. The first-order valence-electron chi connectivity index (χ1n) is 5.08. The maximum atomic E-state index is 11.2. The Balaban J connectivity index is 2.40. The van der Waals surface area contributed by atoms with Crippen LogP contribution in [0.3, 0.4) is 0 Å². The van der Waals surface area contributed by atoms with Crippen molar-refractivity contribution < 1.29 is 9.90 Å². The van der Waals surface area contributed by atoms with Gasteiger partial charge < -0.3 is 5.11 Å². The van der Waals surface area contributed by atoms with Crippen molar-refractivity contribution in [2.24, 2.45) is 5.92 Å². The Bertz CT molecular complexity index is 397. The Kier molecular flexibility index (Phi) is 2.83. The van der Waals surface area contributed by atoms with E-state index in [9.17, 15) is 9.90 Å². The van der Waals surface area contributed by atoms with Gasteiger partial charge in [0.25, 0.3) is 0 Å². The molecule has 0 aromatic heterocycles. The van der Waals surface area contributed by atoms with Crippen LogP contribution in [0.25, 0.3) is 0 Å². The first kappa shape index (κ1) is 10.7. The molecular formula is C12H13BrO2. The highest BCUT2D eigenvalue weighted by molar-refractivity contribution is 9.10. The molecule has 1 aromatic carbocycles. The third kappa shape index (κ3) is 2.23. The average molecular weight is 269 g/mol. The molecule has 0 heterocycles. The number of hydrogen-bond acceptors (Lipinski definition) is 1. The Morgan fingerprint density at radius 3 is 2.73 bits per heavy atom. The number of halogens is 1. The fourth-order valence-corrected chi connectivity index (χ4v) is 2.34. The van der Waals surface area contributed by atoms with Crippen molar-refractivity contribution in [2.45, 2.75) is 25.7 Å². The molecule has 1 unspecified atom stereocenters. The highest BCUT2D eigenvalue weighted by Gasteiger charge is 2.37. The van der Waals surface area contributed by atoms with Gasteiger partial charge in [-0.3, -0.25) is 4.79 Å². The van der Waals surface area contributed by atoms with E-state index in [1.54, 1.807) is 0 Å². The molecule has 2 nitrogen and oxygen atoms in total. The zero-order valence-corrected chi connectivity index (χ0v) is 10.1. The van der Waals surface area contributed by atoms with Gasteiger partial charge in [0.15, 0.2) is 0 Å². The number of aryl methyl sites for hydroxylation is 1. The van der Waals surface area contributed by atoms with Gasteiger partial charge in [-0.05, 0) is 48.9 Å². The van der Waals surface area contributed by atoms with E-state index >= 15 is 0 Å². The van der Waals surface area contributed by atoms with Crippen LogP contribution in [0.2, 0.25) is 0 Å². The zero-order valence-electron chi connectivity index (χ0n) is 8.53. The topological polar surface area (TPSA) is 37.3 Å². The normalized spacial score (nSPS) is 17.5. The Morgan fingerprint density at radius 2 is 2.20 bits per heavy atom. The summed E-state index contributed by atoms with van der Waals surface area (Å²) in [5, 5.41) is 9.24. The predicted molar refractivity (Wildman–Crippen MR) is 62.0 cm³/mol. The van der Waals surface area contributed by atoms with Crippen LogP contribution < -0.4 is 0 Å². The van der Waals surface area contributed by atoms with Gasteiger partial charge in [-0.15, -0.1) is 0 Å². The summed E-state index contributed by atoms with van der Waals surface area (Å²) < 4.78 is 0.954. The second-order valence-electron chi connectivity index (χ2n) is 4.15. The summed E-state index contributed by atoms with van der Waals surface area (Å²) in [4.78, 5) is 11.2. The fraction of sp³-hybridized carbons (Fsp3) is 0.417. The molecule has 0 aliphatic heterocycles. The molecule has 80 valence electrons. The van der Waals surface area contributed by atoms with Crippen LogP contribution in [-0.2, 0) is 4.79 Å². The van der Waals surface area contributed by atoms with Gasteiger partial charge in [-0.25, -0.2) is 0 Å². The van der Waals surface area contributed by atoms with E-state index < -0.39 is 5.97 Å². The summed E-state index contributed by atoms with van der Waals surface area (Å²) >= 11 is 3.39. The number of benzene rings is 1. The minimum absolute atomic E-state index is 0.317. The zero-order chi connectivity index (χ0) is 11.0. The van der Waals surface area contributed by atoms with Crippen molar-refractivity contribution >= 4 is 21.9 Å². The number of rotatable bonds is 3. The number of aliphatic carboxylic acids is 1. The molecule has 1 fully saturated rings. The first-order valence-corrected chi connectivity index (χ1v) is 5.87. The van der Waals surface area contributed by atoms with E-state index in [0.717, 1.165) is 28.4 Å². The molecule has 1 aliphatic carbocycles. The van der Waals surface area contributed by atoms with Gasteiger partial charge in [0.1, 0.15) is 0 Å². The van der Waals surface area contributed by atoms with Crippen LogP contribution in [-0.4, -0.2) is 11.1 Å². The van der Waals surface area contributed by atoms with E-state index in [2.05, 4.69) is 15.9 Å². The van der Waals surface area contributed by atoms with E-state index in [1.165, 1.54) is 0 Å². The van der Waals surface area contributed by atoms with E-state index in [1.807, 2.05) is 25.1 Å². The summed E-state index contributed by atoms with van der Waals surface area (Å²) in [6.07, 6.45) is 2.09. The van der Waals surface area contributed by atoms with Crippen LogP contribution in [0.1, 0.15) is 29.9 Å². The van der Waals surface area contributed by atoms with Crippen molar-refractivity contribution in [1.82, 2.24) is 0 Å². The smallest absolute Gasteiger partial charge is 0.311 e. The number of hydrogen-bond donors (Lipinski definition) is 1. The molecule has 1 N–H and O–H groups in total. The maximum Gasteiger partial charge on any atom is 0.311 e. The van der Waals surface area contributed by atoms with Crippen LogP contribution in [0.15, 0.2) is 22.7 Å². The van der Waals surface area contributed by atoms with Gasteiger partial charge in [-0.1, -0.05) is 22.0 Å². The van der Waals surface area contributed by atoms with E-state index in [-0.39, 0.29) is 5.92 Å². The maximum absolute atomic E-state index is 11.2. The van der Waals surface area contributed by atoms with Crippen LogP contribution in [0.5, 0.6) is 0 Å². The molecule has 2 rings (SSSR count). The summed E-state index contributed by atoms with van der Waals surface area (Å²) in [5.74, 6) is -0.670. The van der Waals surface area contributed by atoms with E-state index in [4.69, 9.17) is 0 Å². The average Bonchev–Trinajstić information content (AvgIpc) is 2.95. The number of carbonyl (C=O) groups is 1. The highest BCUT2D eigenvalue weighted by Crippen LogP contribution is 2.44. The molecule has 1 saturated carbocycles. The summed E-state index contributed by atoms with van der Waals surface area (Å²) in [6, 6.07) is 5.86. The van der Waals surface area contributed by atoms with Gasteiger partial charge in [0.2, 0.25) is 0 Å². The summed E-state index contributed by atoms with van der Waals surface area (Å²) in [7, 11) is 0. The summed E-state index contributed by atoms with van der Waals surface area (Å²) in [6.45, 7) is 1.97. The third-order valence-corrected chi connectivity index (χ3v) is 3.43. The lowest BCUT2D eigenvalue weighted by Crippen LogP contribution is -2.14. The predicted octanol–water partition coefficient (Wildman–Crippen LogP) is 3.34. The molecule has 0 radical (unpaired) electrons. The molecule has 3 heteroatoms. The van der Waals surface area contributed by atoms with Crippen LogP contribution >= 0.6 is 15.9 Å². The van der Waals surface area contributed by atoms with Crippen LogP contribution in [0.4, 0.5) is 0 Å². The molecule has 1 aliphatic rings. The lowest BCUT2D eigenvalue weighted by atomic mass is 9.91. The lowest BCUT2D eigenvalue weighted by Gasteiger charge is -2.14. The molecule has 0 amide bonds. The molecule has 0 saturated heterocycles. The summed E-state index contributed by atoms with van der Waals surface area (Å²) in [5.41, 5.74) is 2.02. The van der Waals surface area contributed by atoms with Gasteiger partial charge in [0.05, 0.1) is 5.92 Å². The molecule has 1 aromatic rings. The molecular weight excluding hydrogens is 256 g/mol. The lowest BCUT2D eigenvalue weighted by molar-refractivity contribution is -0.139. The highest BCUT2D eigenvalue weighted by atomic mass is 79.9. The van der Waals surface area contributed by atoms with Gasteiger partial charge in [0, 0.05) is 4.47 Å². The van der Waals surface area contributed by atoms with Gasteiger partial charge in [-0.2, -0.15) is 0 Å². The van der Waals surface area contributed by atoms with Crippen molar-refractivity contribution in [2.75, 3.05) is 0 Å². The van der Waals surface area contributed by atoms with Crippen molar-refractivity contribution in [3.05, 3.63) is 33.8 Å². The number of carboxylic acid groups (broad SMARTS) is 1. The standard InChI is InChI=1S/C12H13BrO2/c1-7-2-5-9(13)6-10(7)11(12(14)15)8-3-4-8/h2,5-6,8,11H,3-4H2,1H3,(H,14,15). The Morgan fingerprint density at radius 1 is 1.53 bits per heavy atom. The quantitative estimate of drug-likeness (QED) is 0.913. The van der Waals surface area contributed by atoms with Crippen molar-refractivity contribution in [3.8, 4) is 0 Å². The van der Waals surface area contributed by atoms with Crippen molar-refractivity contribution in [3.63, 3.8) is 0 Å². The largest absolute Gasteiger partial charge is 0.481 e. The second kappa shape index (κ2) is 3.97. The minimum Gasteiger partial charge on any atom is -0.481 e. The Hall–Kier alpha value is -0.830. The van der Waals surface area contributed by atoms with Crippen molar-refractivity contribution in [1.29, 1.82) is 0 Å². The monoisotopic (exact) mass is 268 g/mol. The Labute approximate surface area is 97.4 Å². The fourth-order valence-electron chi connectivity index (χ4n) is 1.96. The van der Waals surface area contributed by atoms with Gasteiger partial charge >= 0.3 is 5.97 Å². The molecule has 15 heavy (non-hydrogen) atoms. The minimum atomic E-state index is -0.696. The van der Waals surface area contributed by atoms with E-state index in [0.29, 0.717) is 5.92 Å². The molecule has 1 atom stereocenters. The van der Waals surface area contributed by atoms with Crippen LogP contribution in [0, 0.1) is 12.8 Å². The molecule has 0 bridgehead atoms. The second-order valence-corrected chi connectivity index (χ2v) is 5.07.